The quantitative estimate of drug-likeness (QED) is 0.358. The molecule has 238 valence electrons. The SMILES string of the molecule is CC[C@]1(N)C[C@H](c2ncc(N3CCOCC3)c(Cc3cc(C#N)cc(C(F)(F)F)c3)n2)c2nc(C(F)(F)F)ccc2N1C(=O)O. The molecule has 1 saturated heterocycles. The molecule has 3 aromatic rings. The Labute approximate surface area is 253 Å². The van der Waals surface area contributed by atoms with Crippen LogP contribution in [0.15, 0.2) is 36.5 Å². The van der Waals surface area contributed by atoms with E-state index in [4.69, 9.17) is 10.5 Å². The number of alkyl halides is 6. The molecule has 0 radical (unpaired) electrons. The molecule has 2 atom stereocenters. The smallest absolute Gasteiger partial charge is 0.433 e. The lowest BCUT2D eigenvalue weighted by Crippen LogP contribution is -2.61. The number of carbonyl (C=O) groups is 1. The Balaban J connectivity index is 1.68. The Hall–Kier alpha value is -4.49. The first kappa shape index (κ1) is 31.9. The lowest BCUT2D eigenvalue weighted by atomic mass is 9.83. The van der Waals surface area contributed by atoms with Crippen molar-refractivity contribution in [3.63, 3.8) is 0 Å². The fraction of sp³-hybridized carbons (Fsp3) is 0.414. The number of benzene rings is 1. The van der Waals surface area contributed by atoms with Crippen LogP contribution in [0.3, 0.4) is 0 Å². The monoisotopic (exact) mass is 635 g/mol. The molecule has 0 saturated carbocycles. The van der Waals surface area contributed by atoms with E-state index >= 15 is 0 Å². The zero-order chi connectivity index (χ0) is 32.7. The molecule has 16 heteroatoms. The Morgan fingerprint density at radius 2 is 1.82 bits per heavy atom. The van der Waals surface area contributed by atoms with Gasteiger partial charge in [-0.1, -0.05) is 6.92 Å². The number of rotatable bonds is 5. The van der Waals surface area contributed by atoms with Crippen LogP contribution in [0.25, 0.3) is 0 Å². The second-order valence-electron chi connectivity index (χ2n) is 10.8. The van der Waals surface area contributed by atoms with Crippen LogP contribution in [0, 0.1) is 11.3 Å². The van der Waals surface area contributed by atoms with Crippen LogP contribution >= 0.6 is 0 Å². The predicted molar refractivity (Wildman–Crippen MR) is 147 cm³/mol. The molecule has 45 heavy (non-hydrogen) atoms. The van der Waals surface area contributed by atoms with Gasteiger partial charge in [0.1, 0.15) is 17.2 Å². The number of hydrogen-bond acceptors (Lipinski definition) is 8. The summed E-state index contributed by atoms with van der Waals surface area (Å²) in [5.41, 5.74) is 2.92. The minimum atomic E-state index is -4.84. The maximum Gasteiger partial charge on any atom is 0.433 e. The van der Waals surface area contributed by atoms with Crippen molar-refractivity contribution in [2.24, 2.45) is 5.73 Å². The van der Waals surface area contributed by atoms with Crippen molar-refractivity contribution in [3.05, 3.63) is 76.1 Å². The number of pyridine rings is 1. The lowest BCUT2D eigenvalue weighted by molar-refractivity contribution is -0.141. The van der Waals surface area contributed by atoms with Gasteiger partial charge in [-0.25, -0.2) is 19.7 Å². The summed E-state index contributed by atoms with van der Waals surface area (Å²) in [7, 11) is 0. The van der Waals surface area contributed by atoms with E-state index in [1.165, 1.54) is 12.3 Å². The standard InChI is InChI=1S/C29H27F6N7O3/c1-2-27(37)13-19(24-21(42(27)26(43)44)3-4-23(40-24)29(33,34)35)25-38-15-22(41-5-7-45-8-6-41)20(39-25)12-16-9-17(14-36)11-18(10-16)28(30,31)32/h3-4,9-11,15,19H,2,5-8,12-13,37H2,1H3,(H,43,44)/t19-,27+/m0/s1. The molecule has 2 aromatic heterocycles. The van der Waals surface area contributed by atoms with E-state index in [-0.39, 0.29) is 53.3 Å². The third-order valence-electron chi connectivity index (χ3n) is 7.92. The van der Waals surface area contributed by atoms with Crippen LogP contribution in [0.5, 0.6) is 0 Å². The van der Waals surface area contributed by atoms with Crippen molar-refractivity contribution in [2.75, 3.05) is 36.1 Å². The molecule has 3 N–H and O–H groups in total. The molecule has 1 amide bonds. The van der Waals surface area contributed by atoms with Gasteiger partial charge in [-0.05, 0) is 48.7 Å². The van der Waals surface area contributed by atoms with Crippen molar-refractivity contribution in [1.82, 2.24) is 15.0 Å². The zero-order valence-corrected chi connectivity index (χ0v) is 23.8. The summed E-state index contributed by atoms with van der Waals surface area (Å²) < 4.78 is 87.6. The van der Waals surface area contributed by atoms with Gasteiger partial charge in [0.2, 0.25) is 0 Å². The van der Waals surface area contributed by atoms with E-state index in [2.05, 4.69) is 15.0 Å². The van der Waals surface area contributed by atoms with Gasteiger partial charge in [-0.3, -0.25) is 4.90 Å². The highest BCUT2D eigenvalue weighted by molar-refractivity contribution is 5.89. The van der Waals surface area contributed by atoms with Gasteiger partial charge < -0.3 is 20.5 Å². The predicted octanol–water partition coefficient (Wildman–Crippen LogP) is 5.29. The number of aromatic nitrogens is 3. The summed E-state index contributed by atoms with van der Waals surface area (Å²) in [6.07, 6.45) is -9.94. The minimum Gasteiger partial charge on any atom is -0.465 e. The number of ether oxygens (including phenoxy) is 1. The van der Waals surface area contributed by atoms with Crippen molar-refractivity contribution in [1.29, 1.82) is 5.26 Å². The minimum absolute atomic E-state index is 0.0316. The molecule has 5 rings (SSSR count). The lowest BCUT2D eigenvalue weighted by Gasteiger charge is -2.45. The molecule has 0 bridgehead atoms. The zero-order valence-electron chi connectivity index (χ0n) is 23.8. The van der Waals surface area contributed by atoms with Gasteiger partial charge in [0.15, 0.2) is 0 Å². The average Bonchev–Trinajstić information content (AvgIpc) is 2.99. The average molecular weight is 636 g/mol. The number of halogens is 6. The number of carboxylic acid groups (broad SMARTS) is 1. The topological polar surface area (TPSA) is 141 Å². The summed E-state index contributed by atoms with van der Waals surface area (Å²) in [6, 6.07) is 6.35. The van der Waals surface area contributed by atoms with Gasteiger partial charge in [0.25, 0.3) is 0 Å². The summed E-state index contributed by atoms with van der Waals surface area (Å²) in [4.78, 5) is 27.9. The summed E-state index contributed by atoms with van der Waals surface area (Å²) >= 11 is 0. The number of nitrogens with zero attached hydrogens (tertiary/aromatic N) is 6. The van der Waals surface area contributed by atoms with Gasteiger partial charge in [-0.15, -0.1) is 0 Å². The maximum absolute atomic E-state index is 13.7. The van der Waals surface area contributed by atoms with Crippen LogP contribution in [-0.2, 0) is 23.5 Å². The normalized spacial score (nSPS) is 20.5. The molecule has 4 heterocycles. The molecule has 2 aliphatic rings. The van der Waals surface area contributed by atoms with Crippen LogP contribution in [-0.4, -0.2) is 58.1 Å². The largest absolute Gasteiger partial charge is 0.465 e. The molecule has 2 aliphatic heterocycles. The van der Waals surface area contributed by atoms with Crippen LogP contribution in [0.1, 0.15) is 65.3 Å². The molecule has 0 unspecified atom stereocenters. The van der Waals surface area contributed by atoms with E-state index in [0.717, 1.165) is 23.1 Å². The second kappa shape index (κ2) is 11.8. The summed E-state index contributed by atoms with van der Waals surface area (Å²) in [5.74, 6) is -1.13. The van der Waals surface area contributed by atoms with Crippen molar-refractivity contribution >= 4 is 17.5 Å². The number of nitriles is 1. The number of morpholine rings is 1. The molecular weight excluding hydrogens is 608 g/mol. The first-order valence-corrected chi connectivity index (χ1v) is 13.8. The van der Waals surface area contributed by atoms with Crippen LogP contribution in [0.4, 0.5) is 42.5 Å². The van der Waals surface area contributed by atoms with Gasteiger partial charge in [0.05, 0.1) is 65.3 Å². The number of nitrogens with two attached hydrogens (primary N) is 1. The van der Waals surface area contributed by atoms with Crippen molar-refractivity contribution in [2.45, 2.75) is 50.1 Å². The highest BCUT2D eigenvalue weighted by Crippen LogP contribution is 2.46. The maximum atomic E-state index is 13.7. The fourth-order valence-electron chi connectivity index (χ4n) is 5.67. The van der Waals surface area contributed by atoms with E-state index in [1.54, 1.807) is 13.0 Å². The number of anilines is 2. The number of amides is 1. The van der Waals surface area contributed by atoms with Gasteiger partial charge >= 0.3 is 18.4 Å². The van der Waals surface area contributed by atoms with Crippen LogP contribution < -0.4 is 15.5 Å². The Bertz CT molecular complexity index is 1650. The highest BCUT2D eigenvalue weighted by atomic mass is 19.4. The molecular formula is C29H27F6N7O3. The molecule has 1 fully saturated rings. The van der Waals surface area contributed by atoms with Crippen LogP contribution in [0.2, 0.25) is 0 Å². The molecule has 0 spiro atoms. The van der Waals surface area contributed by atoms with Gasteiger partial charge in [-0.2, -0.15) is 31.6 Å². The first-order chi connectivity index (χ1) is 21.1. The molecule has 1 aromatic carbocycles. The molecule has 10 nitrogen and oxygen atoms in total. The van der Waals surface area contributed by atoms with E-state index in [1.807, 2.05) is 4.90 Å². The van der Waals surface area contributed by atoms with Crippen molar-refractivity contribution < 1.29 is 41.0 Å². The fourth-order valence-corrected chi connectivity index (χ4v) is 5.67. The Kier molecular flexibility index (Phi) is 8.36. The number of fused-ring (bicyclic) bond motifs is 1. The highest BCUT2D eigenvalue weighted by Gasteiger charge is 2.47. The first-order valence-electron chi connectivity index (χ1n) is 13.8. The van der Waals surface area contributed by atoms with Gasteiger partial charge in [0, 0.05) is 19.5 Å². The van der Waals surface area contributed by atoms with E-state index in [0.29, 0.717) is 38.1 Å². The number of hydrogen-bond donors (Lipinski definition) is 2. The Morgan fingerprint density at radius 3 is 2.42 bits per heavy atom. The summed E-state index contributed by atoms with van der Waals surface area (Å²) in [5, 5.41) is 19.4. The van der Waals surface area contributed by atoms with E-state index < -0.39 is 41.3 Å². The van der Waals surface area contributed by atoms with Crippen molar-refractivity contribution in [3.8, 4) is 6.07 Å². The third kappa shape index (κ3) is 6.36. The van der Waals surface area contributed by atoms with E-state index in [9.17, 15) is 41.5 Å². The molecule has 0 aliphatic carbocycles. The Morgan fingerprint density at radius 1 is 1.11 bits per heavy atom. The third-order valence-corrected chi connectivity index (χ3v) is 7.92. The second-order valence-corrected chi connectivity index (χ2v) is 10.8. The summed E-state index contributed by atoms with van der Waals surface area (Å²) in [6.45, 7) is 3.19.